The number of nitrogens with zero attached hydrogens (tertiary/aromatic N) is 2. The van der Waals surface area contributed by atoms with Crippen LogP contribution in [0.3, 0.4) is 0 Å². The van der Waals surface area contributed by atoms with E-state index in [2.05, 4.69) is 32.3 Å². The first kappa shape index (κ1) is 18.6. The van der Waals surface area contributed by atoms with Gasteiger partial charge in [0.15, 0.2) is 0 Å². The van der Waals surface area contributed by atoms with Crippen molar-refractivity contribution in [1.29, 1.82) is 0 Å². The quantitative estimate of drug-likeness (QED) is 0.445. The van der Waals surface area contributed by atoms with Crippen LogP contribution in [0, 0.1) is 6.92 Å². The molecule has 0 fully saturated rings. The van der Waals surface area contributed by atoms with Crippen molar-refractivity contribution in [3.8, 4) is 10.4 Å². The molecule has 0 bridgehead atoms. The number of hydrogen-bond acceptors (Lipinski definition) is 5. The van der Waals surface area contributed by atoms with Crippen molar-refractivity contribution in [3.05, 3.63) is 70.0 Å². The van der Waals surface area contributed by atoms with Crippen molar-refractivity contribution in [2.24, 2.45) is 5.73 Å². The van der Waals surface area contributed by atoms with E-state index in [9.17, 15) is 4.79 Å². The Labute approximate surface area is 166 Å². The number of aromatic nitrogens is 4. The summed E-state index contributed by atoms with van der Waals surface area (Å²) < 4.78 is 0.656. The molecule has 144 valence electrons. The number of rotatable bonds is 7. The molecule has 1 aromatic carbocycles. The summed E-state index contributed by atoms with van der Waals surface area (Å²) in [5.41, 5.74) is 9.90. The number of benzene rings is 1. The highest BCUT2D eigenvalue weighted by Gasteiger charge is 2.14. The number of aromatic amines is 2. The van der Waals surface area contributed by atoms with Crippen LogP contribution in [-0.4, -0.2) is 26.7 Å². The van der Waals surface area contributed by atoms with E-state index in [1.54, 1.807) is 6.20 Å². The highest BCUT2D eigenvalue weighted by atomic mass is 32.1. The van der Waals surface area contributed by atoms with Gasteiger partial charge in [0.25, 0.3) is 5.56 Å². The fraction of sp³-hybridized carbons (Fsp3) is 0.286. The fourth-order valence-electron chi connectivity index (χ4n) is 3.50. The van der Waals surface area contributed by atoms with E-state index in [1.165, 1.54) is 16.9 Å². The molecule has 0 radical (unpaired) electrons. The van der Waals surface area contributed by atoms with Crippen LogP contribution in [0.4, 0.5) is 0 Å². The van der Waals surface area contributed by atoms with Gasteiger partial charge in [0, 0.05) is 22.6 Å². The molecule has 0 aliphatic carbocycles. The molecule has 4 aromatic rings. The van der Waals surface area contributed by atoms with Crippen molar-refractivity contribution in [2.45, 2.75) is 32.1 Å². The molecular formula is C21H23N5OS. The van der Waals surface area contributed by atoms with Gasteiger partial charge in [-0.15, -0.1) is 11.3 Å². The number of nitrogens with two attached hydrogens (primary N) is 1. The maximum Gasteiger partial charge on any atom is 0.268 e. The van der Waals surface area contributed by atoms with Crippen molar-refractivity contribution < 1.29 is 0 Å². The fourth-order valence-corrected chi connectivity index (χ4v) is 4.56. The Bertz CT molecular complexity index is 1130. The second kappa shape index (κ2) is 8.08. The van der Waals surface area contributed by atoms with Gasteiger partial charge < -0.3 is 10.7 Å². The van der Waals surface area contributed by atoms with Gasteiger partial charge in [0.1, 0.15) is 10.5 Å². The zero-order valence-corrected chi connectivity index (χ0v) is 16.6. The van der Waals surface area contributed by atoms with Crippen molar-refractivity contribution in [1.82, 2.24) is 20.2 Å². The van der Waals surface area contributed by atoms with Crippen molar-refractivity contribution in [3.63, 3.8) is 0 Å². The Morgan fingerprint density at radius 2 is 2.07 bits per heavy atom. The maximum absolute atomic E-state index is 12.5. The summed E-state index contributed by atoms with van der Waals surface area (Å²) in [7, 11) is 0. The molecule has 6 nitrogen and oxygen atoms in total. The molecule has 0 aliphatic rings. The van der Waals surface area contributed by atoms with Gasteiger partial charge >= 0.3 is 0 Å². The number of hydrogen-bond donors (Lipinski definition) is 3. The molecule has 0 saturated carbocycles. The summed E-state index contributed by atoms with van der Waals surface area (Å²) >= 11 is 1.45. The minimum atomic E-state index is -0.0733. The lowest BCUT2D eigenvalue weighted by Gasteiger charge is -2.14. The Morgan fingerprint density at radius 1 is 1.25 bits per heavy atom. The Kier molecular flexibility index (Phi) is 5.36. The van der Waals surface area contributed by atoms with E-state index in [0.717, 1.165) is 46.7 Å². The second-order valence-corrected chi connectivity index (χ2v) is 8.03. The predicted octanol–water partition coefficient (Wildman–Crippen LogP) is 3.75. The largest absolute Gasteiger partial charge is 0.330 e. The van der Waals surface area contributed by atoms with Crippen LogP contribution in [0.1, 0.15) is 35.8 Å². The number of aryl methyl sites for hydroxylation is 2. The molecule has 7 heteroatoms. The topological polar surface area (TPSA) is 100 Å². The monoisotopic (exact) mass is 393 g/mol. The zero-order valence-electron chi connectivity index (χ0n) is 15.7. The van der Waals surface area contributed by atoms with E-state index in [1.807, 2.05) is 31.2 Å². The molecule has 0 amide bonds. The molecular weight excluding hydrogens is 370 g/mol. The van der Waals surface area contributed by atoms with Gasteiger partial charge in [-0.3, -0.25) is 9.89 Å². The minimum Gasteiger partial charge on any atom is -0.330 e. The van der Waals surface area contributed by atoms with Crippen LogP contribution >= 0.6 is 11.3 Å². The molecule has 4 rings (SSSR count). The molecule has 3 heterocycles. The first-order valence-electron chi connectivity index (χ1n) is 9.44. The van der Waals surface area contributed by atoms with Gasteiger partial charge in [0.05, 0.1) is 11.7 Å². The van der Waals surface area contributed by atoms with Crippen LogP contribution in [0.5, 0.6) is 0 Å². The van der Waals surface area contributed by atoms with Crippen LogP contribution in [0.15, 0.2) is 47.4 Å². The molecule has 0 unspecified atom stereocenters. The third kappa shape index (κ3) is 3.76. The Morgan fingerprint density at radius 3 is 2.79 bits per heavy atom. The standard InChI is InChI=1S/C21H23N5OS/c1-13-16(12-23-26-13)18-10-17-20(28-18)21(27)25-19(24-17)9-5-8-15(11-22)14-6-3-2-4-7-14/h2-4,6-7,10,12,15H,5,8-9,11,22H2,1H3,(H,23,26)(H,24,25,27)/t15-/m0/s1. The van der Waals surface area contributed by atoms with Gasteiger partial charge in [-0.1, -0.05) is 30.3 Å². The molecule has 4 N–H and O–H groups in total. The summed E-state index contributed by atoms with van der Waals surface area (Å²) in [6.45, 7) is 2.58. The van der Waals surface area contributed by atoms with E-state index in [0.29, 0.717) is 17.2 Å². The summed E-state index contributed by atoms with van der Waals surface area (Å²) in [5, 5.41) is 7.00. The van der Waals surface area contributed by atoms with Crippen LogP contribution in [0.2, 0.25) is 0 Å². The lowest BCUT2D eigenvalue weighted by Crippen LogP contribution is -2.14. The zero-order chi connectivity index (χ0) is 19.5. The highest BCUT2D eigenvalue weighted by molar-refractivity contribution is 7.22. The van der Waals surface area contributed by atoms with Gasteiger partial charge in [-0.05, 0) is 43.9 Å². The first-order chi connectivity index (χ1) is 13.7. The molecule has 0 saturated heterocycles. The molecule has 28 heavy (non-hydrogen) atoms. The van der Waals surface area contributed by atoms with Gasteiger partial charge in [-0.2, -0.15) is 5.10 Å². The average Bonchev–Trinajstić information content (AvgIpc) is 3.32. The molecule has 0 spiro atoms. The summed E-state index contributed by atoms with van der Waals surface area (Å²) in [6, 6.07) is 12.3. The van der Waals surface area contributed by atoms with Crippen molar-refractivity contribution in [2.75, 3.05) is 6.54 Å². The summed E-state index contributed by atoms with van der Waals surface area (Å²) in [5.74, 6) is 1.06. The van der Waals surface area contributed by atoms with Crippen LogP contribution in [-0.2, 0) is 6.42 Å². The first-order valence-corrected chi connectivity index (χ1v) is 10.3. The molecule has 0 aliphatic heterocycles. The van der Waals surface area contributed by atoms with Gasteiger partial charge in [0.2, 0.25) is 0 Å². The van der Waals surface area contributed by atoms with E-state index < -0.39 is 0 Å². The molecule has 3 aromatic heterocycles. The number of thiophene rings is 1. The lowest BCUT2D eigenvalue weighted by molar-refractivity contribution is 0.591. The summed E-state index contributed by atoms with van der Waals surface area (Å²) in [6.07, 6.45) is 4.39. The van der Waals surface area contributed by atoms with E-state index in [-0.39, 0.29) is 5.56 Å². The van der Waals surface area contributed by atoms with Crippen LogP contribution < -0.4 is 11.3 Å². The number of fused-ring (bicyclic) bond motifs is 1. The lowest BCUT2D eigenvalue weighted by atomic mass is 9.93. The Balaban J connectivity index is 1.50. The maximum atomic E-state index is 12.5. The number of H-pyrrole nitrogens is 2. The van der Waals surface area contributed by atoms with E-state index in [4.69, 9.17) is 5.73 Å². The van der Waals surface area contributed by atoms with Gasteiger partial charge in [-0.25, -0.2) is 4.98 Å². The third-order valence-corrected chi connectivity index (χ3v) is 6.21. The average molecular weight is 394 g/mol. The predicted molar refractivity (Wildman–Crippen MR) is 114 cm³/mol. The molecule has 1 atom stereocenters. The Hall–Kier alpha value is -2.77. The second-order valence-electron chi connectivity index (χ2n) is 6.98. The highest BCUT2D eigenvalue weighted by Crippen LogP contribution is 2.32. The van der Waals surface area contributed by atoms with Crippen LogP contribution in [0.25, 0.3) is 20.7 Å². The minimum absolute atomic E-state index is 0.0733. The smallest absolute Gasteiger partial charge is 0.268 e. The van der Waals surface area contributed by atoms with Crippen molar-refractivity contribution >= 4 is 21.6 Å². The summed E-state index contributed by atoms with van der Waals surface area (Å²) in [4.78, 5) is 21.1. The normalized spacial score (nSPS) is 12.5. The third-order valence-electron chi connectivity index (χ3n) is 5.05. The van der Waals surface area contributed by atoms with E-state index >= 15 is 0 Å². The SMILES string of the molecule is Cc1[nH]ncc1-c1cc2nc(CCC[C@@H](CN)c3ccccc3)[nH]c(=O)c2s1. The number of nitrogens with one attached hydrogen (secondary N) is 2.